The summed E-state index contributed by atoms with van der Waals surface area (Å²) < 4.78 is 13.8. The van der Waals surface area contributed by atoms with Crippen molar-refractivity contribution in [3.8, 4) is 5.88 Å². The Hall–Kier alpha value is -1.96. The molecule has 0 spiro atoms. The molecule has 0 aromatic carbocycles. The smallest absolute Gasteiger partial charge is 0.331 e. The average Bonchev–Trinajstić information content (AvgIpc) is 2.67. The molecule has 2 aromatic heterocycles. The van der Waals surface area contributed by atoms with E-state index >= 15 is 0 Å². The van der Waals surface area contributed by atoms with E-state index in [4.69, 9.17) is 0 Å². The zero-order valence-electron chi connectivity index (χ0n) is 8.73. The molecule has 0 saturated carbocycles. The highest BCUT2D eigenvalue weighted by Gasteiger charge is 2.14. The summed E-state index contributed by atoms with van der Waals surface area (Å²) in [4.78, 5) is 28.1. The summed E-state index contributed by atoms with van der Waals surface area (Å²) in [6.45, 7) is 1.69. The lowest BCUT2D eigenvalue weighted by Crippen LogP contribution is -2.32. The summed E-state index contributed by atoms with van der Waals surface area (Å²) in [5.41, 5.74) is -1.60. The van der Waals surface area contributed by atoms with Gasteiger partial charge in [-0.3, -0.25) is 14.3 Å². The molecule has 2 aromatic rings. The molecule has 0 aliphatic heterocycles. The zero-order valence-corrected chi connectivity index (χ0v) is 9.55. The maximum atomic E-state index is 13.1. The second-order valence-electron chi connectivity index (χ2n) is 3.34. The lowest BCUT2D eigenvalue weighted by Gasteiger charge is -2.05. The van der Waals surface area contributed by atoms with Crippen LogP contribution in [0.25, 0.3) is 0 Å². The number of aromatic amines is 1. The van der Waals surface area contributed by atoms with Gasteiger partial charge < -0.3 is 5.11 Å². The first-order chi connectivity index (χ1) is 7.99. The van der Waals surface area contributed by atoms with Gasteiger partial charge in [-0.1, -0.05) is 0 Å². The highest BCUT2D eigenvalue weighted by atomic mass is 32.1. The molecule has 0 atom stereocenters. The number of hydrogen-bond donors (Lipinski definition) is 2. The van der Waals surface area contributed by atoms with Gasteiger partial charge in [-0.05, 0) is 6.92 Å². The molecular weight excluding hydrogens is 249 g/mol. The molecule has 90 valence electrons. The Bertz CT molecular complexity index is 673. The standard InChI is InChI=1S/C9H8FN3O3S/c1-4-11-5(3-17-4)2-13-8(15)6(10)7(14)12-9(13)16/h3,15H,2H2,1H3,(H,12,14,16). The SMILES string of the molecule is Cc1nc(Cn2c(O)c(F)c(=O)[nH]c2=O)cs1. The molecule has 6 nitrogen and oxygen atoms in total. The number of aryl methyl sites for hydroxylation is 1. The maximum absolute atomic E-state index is 13.1. The molecule has 2 rings (SSSR count). The van der Waals surface area contributed by atoms with E-state index in [9.17, 15) is 19.1 Å². The average molecular weight is 257 g/mol. The van der Waals surface area contributed by atoms with Crippen LogP contribution < -0.4 is 11.2 Å². The van der Waals surface area contributed by atoms with Crippen LogP contribution in [0, 0.1) is 12.7 Å². The van der Waals surface area contributed by atoms with Crippen molar-refractivity contribution in [1.29, 1.82) is 0 Å². The van der Waals surface area contributed by atoms with Crippen LogP contribution in [0.15, 0.2) is 15.0 Å². The van der Waals surface area contributed by atoms with E-state index in [-0.39, 0.29) is 6.54 Å². The molecule has 0 aliphatic rings. The van der Waals surface area contributed by atoms with Gasteiger partial charge in [0.1, 0.15) is 0 Å². The van der Waals surface area contributed by atoms with Gasteiger partial charge in [0.25, 0.3) is 5.56 Å². The summed E-state index contributed by atoms with van der Waals surface area (Å²) in [6.07, 6.45) is 0. The Balaban J connectivity index is 2.50. The number of nitrogens with one attached hydrogen (secondary N) is 1. The Morgan fingerprint density at radius 3 is 2.88 bits per heavy atom. The third-order valence-corrected chi connectivity index (χ3v) is 2.93. The lowest BCUT2D eigenvalue weighted by atomic mass is 10.4. The van der Waals surface area contributed by atoms with Gasteiger partial charge in [-0.15, -0.1) is 11.3 Å². The number of aromatic nitrogens is 3. The number of aromatic hydroxyl groups is 1. The van der Waals surface area contributed by atoms with E-state index in [0.717, 1.165) is 5.01 Å². The fourth-order valence-electron chi connectivity index (χ4n) is 1.33. The minimum atomic E-state index is -1.38. The van der Waals surface area contributed by atoms with Crippen molar-refractivity contribution in [3.05, 3.63) is 42.7 Å². The van der Waals surface area contributed by atoms with Gasteiger partial charge in [0, 0.05) is 5.38 Å². The van der Waals surface area contributed by atoms with E-state index in [0.29, 0.717) is 10.3 Å². The van der Waals surface area contributed by atoms with Crippen LogP contribution in [-0.2, 0) is 6.54 Å². The zero-order chi connectivity index (χ0) is 12.6. The highest BCUT2D eigenvalue weighted by Crippen LogP contribution is 2.12. The summed E-state index contributed by atoms with van der Waals surface area (Å²) in [6, 6.07) is 0. The predicted octanol–water partition coefficient (Wildman–Crippen LogP) is 0.195. The molecule has 0 saturated heterocycles. The Kier molecular flexibility index (Phi) is 2.80. The monoisotopic (exact) mass is 257 g/mol. The largest absolute Gasteiger partial charge is 0.492 e. The molecular formula is C9H8FN3O3S. The minimum Gasteiger partial charge on any atom is -0.492 e. The minimum absolute atomic E-state index is 0.0945. The first kappa shape index (κ1) is 11.5. The predicted molar refractivity (Wildman–Crippen MR) is 58.9 cm³/mol. The van der Waals surface area contributed by atoms with Crippen LogP contribution in [0.1, 0.15) is 10.7 Å². The second-order valence-corrected chi connectivity index (χ2v) is 4.40. The summed E-state index contributed by atoms with van der Waals surface area (Å²) >= 11 is 1.37. The third-order valence-electron chi connectivity index (χ3n) is 2.10. The number of halogens is 1. The van der Waals surface area contributed by atoms with Crippen molar-refractivity contribution >= 4 is 11.3 Å². The normalized spacial score (nSPS) is 10.7. The van der Waals surface area contributed by atoms with Crippen molar-refractivity contribution in [2.45, 2.75) is 13.5 Å². The van der Waals surface area contributed by atoms with E-state index in [2.05, 4.69) is 4.98 Å². The summed E-state index contributed by atoms with van der Waals surface area (Å²) in [7, 11) is 0. The van der Waals surface area contributed by atoms with Gasteiger partial charge in [0.2, 0.25) is 11.7 Å². The first-order valence-electron chi connectivity index (χ1n) is 4.61. The van der Waals surface area contributed by atoms with Crippen LogP contribution >= 0.6 is 11.3 Å². The molecule has 0 aliphatic carbocycles. The van der Waals surface area contributed by atoms with Crippen molar-refractivity contribution in [2.75, 3.05) is 0 Å². The molecule has 2 N–H and O–H groups in total. The van der Waals surface area contributed by atoms with Crippen LogP contribution in [0.5, 0.6) is 5.88 Å². The van der Waals surface area contributed by atoms with Crippen LogP contribution in [0.2, 0.25) is 0 Å². The quantitative estimate of drug-likeness (QED) is 0.804. The molecule has 0 fully saturated rings. The molecule has 17 heavy (non-hydrogen) atoms. The summed E-state index contributed by atoms with van der Waals surface area (Å²) in [5.74, 6) is -2.36. The molecule has 2 heterocycles. The molecule has 0 radical (unpaired) electrons. The summed E-state index contributed by atoms with van der Waals surface area (Å²) in [5, 5.41) is 11.8. The topological polar surface area (TPSA) is 88.0 Å². The number of hydrogen-bond acceptors (Lipinski definition) is 5. The van der Waals surface area contributed by atoms with Crippen LogP contribution in [0.3, 0.4) is 0 Å². The highest BCUT2D eigenvalue weighted by molar-refractivity contribution is 7.09. The van der Waals surface area contributed by atoms with E-state index in [1.807, 2.05) is 0 Å². The fourth-order valence-corrected chi connectivity index (χ4v) is 1.93. The van der Waals surface area contributed by atoms with Crippen molar-refractivity contribution < 1.29 is 9.50 Å². The number of nitrogens with zero attached hydrogens (tertiary/aromatic N) is 2. The van der Waals surface area contributed by atoms with Gasteiger partial charge in [-0.2, -0.15) is 4.39 Å². The van der Waals surface area contributed by atoms with E-state index in [1.165, 1.54) is 11.3 Å². The molecule has 0 unspecified atom stereocenters. The molecule has 0 amide bonds. The van der Waals surface area contributed by atoms with Crippen LogP contribution in [0.4, 0.5) is 4.39 Å². The Labute approximate surface area is 98.0 Å². The number of rotatable bonds is 2. The fraction of sp³-hybridized carbons (Fsp3) is 0.222. The van der Waals surface area contributed by atoms with Gasteiger partial charge in [-0.25, -0.2) is 9.78 Å². The Morgan fingerprint density at radius 1 is 1.59 bits per heavy atom. The third kappa shape index (κ3) is 2.11. The first-order valence-corrected chi connectivity index (χ1v) is 5.49. The Morgan fingerprint density at radius 2 is 2.29 bits per heavy atom. The van der Waals surface area contributed by atoms with E-state index in [1.54, 1.807) is 17.3 Å². The van der Waals surface area contributed by atoms with Crippen molar-refractivity contribution in [1.82, 2.24) is 14.5 Å². The number of H-pyrrole nitrogens is 1. The van der Waals surface area contributed by atoms with Crippen molar-refractivity contribution in [3.63, 3.8) is 0 Å². The molecule has 8 heteroatoms. The van der Waals surface area contributed by atoms with Gasteiger partial charge in [0.05, 0.1) is 17.2 Å². The van der Waals surface area contributed by atoms with Crippen molar-refractivity contribution in [2.24, 2.45) is 0 Å². The maximum Gasteiger partial charge on any atom is 0.331 e. The number of thiazole rings is 1. The van der Waals surface area contributed by atoms with Gasteiger partial charge >= 0.3 is 5.69 Å². The van der Waals surface area contributed by atoms with Crippen LogP contribution in [-0.4, -0.2) is 19.6 Å². The molecule has 0 bridgehead atoms. The second kappa shape index (κ2) is 4.13. The lowest BCUT2D eigenvalue weighted by molar-refractivity contribution is 0.366. The van der Waals surface area contributed by atoms with Gasteiger partial charge in [0.15, 0.2) is 0 Å². The van der Waals surface area contributed by atoms with E-state index < -0.39 is 22.9 Å².